The van der Waals surface area contributed by atoms with Crippen molar-refractivity contribution in [2.45, 2.75) is 6.54 Å². The number of para-hydroxylation sites is 1. The summed E-state index contributed by atoms with van der Waals surface area (Å²) in [6.07, 6.45) is 1.57. The van der Waals surface area contributed by atoms with Gasteiger partial charge in [0.1, 0.15) is 5.69 Å². The van der Waals surface area contributed by atoms with Gasteiger partial charge in [-0.3, -0.25) is 9.69 Å². The molecule has 142 valence electrons. The number of fused-ring (bicyclic) bond motifs is 2. The smallest absolute Gasteiger partial charge is 0.261 e. The first-order chi connectivity index (χ1) is 13.6. The molecule has 1 aliphatic rings. The van der Waals surface area contributed by atoms with Crippen LogP contribution in [0.2, 0.25) is 5.28 Å². The van der Waals surface area contributed by atoms with Crippen molar-refractivity contribution in [3.63, 3.8) is 0 Å². The Labute approximate surface area is 166 Å². The summed E-state index contributed by atoms with van der Waals surface area (Å²) < 4.78 is 10.7. The molecule has 8 heteroatoms. The fraction of sp³-hybridized carbons (Fsp3) is 0.150. The van der Waals surface area contributed by atoms with Crippen molar-refractivity contribution < 1.29 is 14.3 Å². The van der Waals surface area contributed by atoms with Crippen molar-refractivity contribution in [1.29, 1.82) is 0 Å². The Morgan fingerprint density at radius 1 is 1.07 bits per heavy atom. The van der Waals surface area contributed by atoms with Crippen LogP contribution in [0.1, 0.15) is 15.9 Å². The SMILES string of the molecule is COc1ccc(CN2C(=O)c3ccccc3Nc3cnc(Cl)nc32)cc1OC. The molecule has 0 saturated heterocycles. The molecule has 0 fully saturated rings. The van der Waals surface area contributed by atoms with E-state index in [1.807, 2.05) is 30.3 Å². The predicted octanol–water partition coefficient (Wildman–Crippen LogP) is 4.05. The van der Waals surface area contributed by atoms with E-state index < -0.39 is 0 Å². The first-order valence-electron chi connectivity index (χ1n) is 8.52. The van der Waals surface area contributed by atoms with Crippen LogP contribution in [-0.2, 0) is 6.54 Å². The normalized spacial score (nSPS) is 12.5. The van der Waals surface area contributed by atoms with Gasteiger partial charge >= 0.3 is 0 Å². The van der Waals surface area contributed by atoms with Crippen LogP contribution >= 0.6 is 11.6 Å². The Morgan fingerprint density at radius 2 is 1.86 bits per heavy atom. The number of rotatable bonds is 4. The van der Waals surface area contributed by atoms with Crippen LogP contribution in [0.3, 0.4) is 0 Å². The van der Waals surface area contributed by atoms with Crippen LogP contribution in [0.15, 0.2) is 48.7 Å². The standard InChI is InChI=1S/C20H17ClN4O3/c1-27-16-8-7-12(9-17(16)28-2)11-25-18-15(10-22-20(21)24-18)23-14-6-4-3-5-13(14)19(25)26/h3-10,23H,11H2,1-2H3. The van der Waals surface area contributed by atoms with E-state index >= 15 is 0 Å². The third kappa shape index (κ3) is 3.20. The van der Waals surface area contributed by atoms with Gasteiger partial charge in [-0.1, -0.05) is 18.2 Å². The Kier molecular flexibility index (Phi) is 4.75. The van der Waals surface area contributed by atoms with Crippen molar-refractivity contribution in [1.82, 2.24) is 9.97 Å². The van der Waals surface area contributed by atoms with E-state index in [0.717, 1.165) is 5.56 Å². The van der Waals surface area contributed by atoms with Crippen molar-refractivity contribution >= 4 is 34.7 Å². The summed E-state index contributed by atoms with van der Waals surface area (Å²) >= 11 is 6.02. The first kappa shape index (κ1) is 18.1. The zero-order valence-electron chi connectivity index (χ0n) is 15.3. The highest BCUT2D eigenvalue weighted by Gasteiger charge is 2.28. The quantitative estimate of drug-likeness (QED) is 0.670. The minimum Gasteiger partial charge on any atom is -0.493 e. The van der Waals surface area contributed by atoms with E-state index in [1.54, 1.807) is 37.4 Å². The number of benzene rings is 2. The lowest BCUT2D eigenvalue weighted by Crippen LogP contribution is -2.30. The molecule has 1 amide bonds. The van der Waals surface area contributed by atoms with Crippen LogP contribution in [0.4, 0.5) is 17.2 Å². The number of nitrogens with one attached hydrogen (secondary N) is 1. The van der Waals surface area contributed by atoms with Gasteiger partial charge in [-0.15, -0.1) is 0 Å². The monoisotopic (exact) mass is 396 g/mol. The fourth-order valence-corrected chi connectivity index (χ4v) is 3.25. The molecule has 1 aliphatic heterocycles. The highest BCUT2D eigenvalue weighted by atomic mass is 35.5. The van der Waals surface area contributed by atoms with Gasteiger partial charge in [0.2, 0.25) is 5.28 Å². The number of anilines is 3. The van der Waals surface area contributed by atoms with Gasteiger partial charge in [0.15, 0.2) is 17.3 Å². The zero-order valence-corrected chi connectivity index (χ0v) is 16.0. The minimum atomic E-state index is -0.189. The number of carbonyl (C=O) groups excluding carboxylic acids is 1. The first-order valence-corrected chi connectivity index (χ1v) is 8.90. The molecule has 3 aromatic rings. The van der Waals surface area contributed by atoms with Crippen LogP contribution in [0.25, 0.3) is 0 Å². The van der Waals surface area contributed by atoms with Crippen molar-refractivity contribution in [3.05, 3.63) is 65.1 Å². The van der Waals surface area contributed by atoms with Crippen LogP contribution in [0.5, 0.6) is 11.5 Å². The minimum absolute atomic E-state index is 0.0663. The number of carbonyl (C=O) groups is 1. The van der Waals surface area contributed by atoms with E-state index in [2.05, 4.69) is 15.3 Å². The topological polar surface area (TPSA) is 76.6 Å². The summed E-state index contributed by atoms with van der Waals surface area (Å²) in [7, 11) is 3.15. The average Bonchev–Trinajstić information content (AvgIpc) is 2.83. The lowest BCUT2D eigenvalue weighted by atomic mass is 10.1. The van der Waals surface area contributed by atoms with Crippen LogP contribution in [-0.4, -0.2) is 30.1 Å². The van der Waals surface area contributed by atoms with Gasteiger partial charge in [-0.2, -0.15) is 4.98 Å². The summed E-state index contributed by atoms with van der Waals surface area (Å²) in [5, 5.41) is 3.29. The van der Waals surface area contributed by atoms with E-state index in [0.29, 0.717) is 34.3 Å². The number of hydrogen-bond donors (Lipinski definition) is 1. The third-order valence-electron chi connectivity index (χ3n) is 4.46. The Hall–Kier alpha value is -3.32. The van der Waals surface area contributed by atoms with Crippen molar-refractivity contribution in [2.75, 3.05) is 24.4 Å². The van der Waals surface area contributed by atoms with Gasteiger partial charge in [0, 0.05) is 0 Å². The van der Waals surface area contributed by atoms with Gasteiger partial charge in [0.05, 0.1) is 38.2 Å². The Morgan fingerprint density at radius 3 is 2.64 bits per heavy atom. The second-order valence-electron chi connectivity index (χ2n) is 6.13. The summed E-state index contributed by atoms with van der Waals surface area (Å²) in [5.74, 6) is 1.43. The number of ether oxygens (including phenoxy) is 2. The molecule has 4 rings (SSSR count). The summed E-state index contributed by atoms with van der Waals surface area (Å²) in [6.45, 7) is 0.273. The maximum atomic E-state index is 13.3. The second-order valence-corrected chi connectivity index (χ2v) is 6.47. The molecule has 2 heterocycles. The third-order valence-corrected chi connectivity index (χ3v) is 4.64. The largest absolute Gasteiger partial charge is 0.493 e. The maximum absolute atomic E-state index is 13.3. The van der Waals surface area contributed by atoms with Gasteiger partial charge < -0.3 is 14.8 Å². The number of aromatic nitrogens is 2. The summed E-state index contributed by atoms with van der Waals surface area (Å²) in [4.78, 5) is 23.2. The Bertz CT molecular complexity index is 1060. The number of amides is 1. The Balaban J connectivity index is 1.81. The molecular formula is C20H17ClN4O3. The molecule has 0 spiro atoms. The van der Waals surface area contributed by atoms with Gasteiger partial charge in [-0.05, 0) is 41.4 Å². The molecule has 0 atom stereocenters. The summed E-state index contributed by atoms with van der Waals surface area (Å²) in [6, 6.07) is 12.8. The highest BCUT2D eigenvalue weighted by molar-refractivity contribution is 6.28. The molecule has 2 aromatic carbocycles. The maximum Gasteiger partial charge on any atom is 0.261 e. The number of halogens is 1. The predicted molar refractivity (Wildman–Crippen MR) is 107 cm³/mol. The molecule has 1 aromatic heterocycles. The highest BCUT2D eigenvalue weighted by Crippen LogP contribution is 2.36. The molecule has 0 unspecified atom stereocenters. The van der Waals surface area contributed by atoms with Gasteiger partial charge in [0.25, 0.3) is 5.91 Å². The summed E-state index contributed by atoms with van der Waals surface area (Å²) in [5.41, 5.74) is 2.68. The van der Waals surface area contributed by atoms with Crippen LogP contribution in [0, 0.1) is 0 Å². The van der Waals surface area contributed by atoms with E-state index in [9.17, 15) is 4.79 Å². The fourth-order valence-electron chi connectivity index (χ4n) is 3.12. The molecule has 0 bridgehead atoms. The number of methoxy groups -OCH3 is 2. The average molecular weight is 397 g/mol. The molecule has 0 aliphatic carbocycles. The number of nitrogens with zero attached hydrogens (tertiary/aromatic N) is 3. The van der Waals surface area contributed by atoms with Crippen molar-refractivity contribution in [2.24, 2.45) is 0 Å². The van der Waals surface area contributed by atoms with E-state index in [4.69, 9.17) is 21.1 Å². The molecule has 28 heavy (non-hydrogen) atoms. The number of hydrogen-bond acceptors (Lipinski definition) is 6. The molecule has 0 saturated carbocycles. The lowest BCUT2D eigenvalue weighted by molar-refractivity contribution is 0.0986. The van der Waals surface area contributed by atoms with Gasteiger partial charge in [-0.25, -0.2) is 4.98 Å². The van der Waals surface area contributed by atoms with Crippen LogP contribution < -0.4 is 19.7 Å². The molecular weight excluding hydrogens is 380 g/mol. The molecule has 1 N–H and O–H groups in total. The molecule has 0 radical (unpaired) electrons. The molecule has 7 nitrogen and oxygen atoms in total. The lowest BCUT2D eigenvalue weighted by Gasteiger charge is -2.22. The van der Waals surface area contributed by atoms with Crippen molar-refractivity contribution in [3.8, 4) is 11.5 Å². The second kappa shape index (κ2) is 7.36. The zero-order chi connectivity index (χ0) is 19.7. The van der Waals surface area contributed by atoms with E-state index in [-0.39, 0.29) is 17.7 Å². The van der Waals surface area contributed by atoms with E-state index in [1.165, 1.54) is 0 Å².